The Morgan fingerprint density at radius 2 is 1.73 bits per heavy atom. The van der Waals surface area contributed by atoms with E-state index in [2.05, 4.69) is 16.3 Å². The molecule has 1 atom stereocenters. The van der Waals surface area contributed by atoms with Crippen LogP contribution >= 0.6 is 11.6 Å². The Kier molecular flexibility index (Phi) is 7.71. The highest BCUT2D eigenvalue weighted by atomic mass is 35.5. The standard InChI is InChI=1S/C23H29ClN4O2/c1-2-22(29)26-16-18-5-3-4-6-21(18)27-11-13-28(14-12-27)23(30)20(25)15-17-7-9-19(24)10-8-17/h3-10,20H,2,11-16,25H2,1H3,(H,26,29). The summed E-state index contributed by atoms with van der Waals surface area (Å²) < 4.78 is 0. The van der Waals surface area contributed by atoms with Crippen molar-refractivity contribution in [3.05, 3.63) is 64.7 Å². The molecule has 1 aliphatic rings. The molecule has 7 heteroatoms. The number of nitrogens with one attached hydrogen (secondary N) is 1. The van der Waals surface area contributed by atoms with Gasteiger partial charge in [-0.25, -0.2) is 0 Å². The van der Waals surface area contributed by atoms with E-state index in [0.29, 0.717) is 37.5 Å². The number of para-hydroxylation sites is 1. The second-order valence-electron chi connectivity index (χ2n) is 7.51. The van der Waals surface area contributed by atoms with Crippen LogP contribution < -0.4 is 16.0 Å². The van der Waals surface area contributed by atoms with E-state index >= 15 is 0 Å². The molecule has 0 spiro atoms. The van der Waals surface area contributed by atoms with Crippen LogP contribution in [0.5, 0.6) is 0 Å². The van der Waals surface area contributed by atoms with E-state index in [0.717, 1.165) is 29.9 Å². The molecule has 0 aliphatic carbocycles. The molecule has 1 saturated heterocycles. The lowest BCUT2D eigenvalue weighted by molar-refractivity contribution is -0.132. The molecule has 1 fully saturated rings. The number of nitrogens with two attached hydrogens (primary N) is 1. The van der Waals surface area contributed by atoms with Crippen LogP contribution in [0.3, 0.4) is 0 Å². The highest BCUT2D eigenvalue weighted by Crippen LogP contribution is 2.22. The maximum atomic E-state index is 12.8. The van der Waals surface area contributed by atoms with Crippen molar-refractivity contribution >= 4 is 29.1 Å². The number of hydrogen-bond acceptors (Lipinski definition) is 4. The first kappa shape index (κ1) is 22.1. The molecule has 1 heterocycles. The summed E-state index contributed by atoms with van der Waals surface area (Å²) in [7, 11) is 0. The smallest absolute Gasteiger partial charge is 0.239 e. The number of halogens is 1. The highest BCUT2D eigenvalue weighted by Gasteiger charge is 2.26. The Morgan fingerprint density at radius 1 is 1.07 bits per heavy atom. The molecule has 2 aromatic rings. The summed E-state index contributed by atoms with van der Waals surface area (Å²) in [5, 5.41) is 3.61. The fourth-order valence-corrected chi connectivity index (χ4v) is 3.78. The van der Waals surface area contributed by atoms with Crippen LogP contribution in [-0.2, 0) is 22.6 Å². The van der Waals surface area contributed by atoms with Gasteiger partial charge in [0.15, 0.2) is 0 Å². The first-order chi connectivity index (χ1) is 14.5. The third-order valence-electron chi connectivity index (χ3n) is 5.41. The molecule has 3 rings (SSSR count). The Morgan fingerprint density at radius 3 is 2.40 bits per heavy atom. The van der Waals surface area contributed by atoms with Gasteiger partial charge in [0, 0.05) is 49.9 Å². The van der Waals surface area contributed by atoms with Gasteiger partial charge in [-0.05, 0) is 35.7 Å². The Balaban J connectivity index is 1.56. The summed E-state index contributed by atoms with van der Waals surface area (Å²) in [4.78, 5) is 28.5. The number of carbonyl (C=O) groups excluding carboxylic acids is 2. The highest BCUT2D eigenvalue weighted by molar-refractivity contribution is 6.30. The molecule has 3 N–H and O–H groups in total. The van der Waals surface area contributed by atoms with Gasteiger partial charge in [0.25, 0.3) is 0 Å². The van der Waals surface area contributed by atoms with Crippen molar-refractivity contribution < 1.29 is 9.59 Å². The Labute approximate surface area is 183 Å². The Hall–Kier alpha value is -2.57. The molecule has 1 aliphatic heterocycles. The third kappa shape index (κ3) is 5.74. The zero-order chi connectivity index (χ0) is 21.5. The van der Waals surface area contributed by atoms with E-state index in [-0.39, 0.29) is 11.8 Å². The van der Waals surface area contributed by atoms with E-state index in [1.807, 2.05) is 54.3 Å². The lowest BCUT2D eigenvalue weighted by Crippen LogP contribution is -2.53. The van der Waals surface area contributed by atoms with E-state index < -0.39 is 6.04 Å². The zero-order valence-corrected chi connectivity index (χ0v) is 18.1. The maximum absolute atomic E-state index is 12.8. The average molecular weight is 429 g/mol. The van der Waals surface area contributed by atoms with Crippen molar-refractivity contribution in [1.82, 2.24) is 10.2 Å². The van der Waals surface area contributed by atoms with Crippen LogP contribution in [0.15, 0.2) is 48.5 Å². The molecular weight excluding hydrogens is 400 g/mol. The SMILES string of the molecule is CCC(=O)NCc1ccccc1N1CCN(C(=O)C(N)Cc2ccc(Cl)cc2)CC1. The summed E-state index contributed by atoms with van der Waals surface area (Å²) in [5.41, 5.74) is 9.38. The number of piperazine rings is 1. The number of anilines is 1. The van der Waals surface area contributed by atoms with Gasteiger partial charge in [-0.1, -0.05) is 48.9 Å². The van der Waals surface area contributed by atoms with Crippen molar-refractivity contribution in [2.24, 2.45) is 5.73 Å². The fourth-order valence-electron chi connectivity index (χ4n) is 3.65. The van der Waals surface area contributed by atoms with Gasteiger partial charge in [-0.2, -0.15) is 0 Å². The van der Waals surface area contributed by atoms with Crippen molar-refractivity contribution in [2.45, 2.75) is 32.4 Å². The monoisotopic (exact) mass is 428 g/mol. The van der Waals surface area contributed by atoms with Crippen LogP contribution in [-0.4, -0.2) is 48.9 Å². The predicted molar refractivity (Wildman–Crippen MR) is 121 cm³/mol. The fraction of sp³-hybridized carbons (Fsp3) is 0.391. The topological polar surface area (TPSA) is 78.7 Å². The molecular formula is C23H29ClN4O2. The summed E-state index contributed by atoms with van der Waals surface area (Å²) >= 11 is 5.92. The van der Waals surface area contributed by atoms with Crippen molar-refractivity contribution in [1.29, 1.82) is 0 Å². The van der Waals surface area contributed by atoms with Crippen LogP contribution in [0.25, 0.3) is 0 Å². The predicted octanol–water partition coefficient (Wildman–Crippen LogP) is 2.58. The van der Waals surface area contributed by atoms with Crippen LogP contribution in [0.1, 0.15) is 24.5 Å². The minimum atomic E-state index is -0.561. The van der Waals surface area contributed by atoms with E-state index in [4.69, 9.17) is 17.3 Å². The van der Waals surface area contributed by atoms with Crippen LogP contribution in [0.2, 0.25) is 5.02 Å². The normalized spacial score (nSPS) is 15.0. The summed E-state index contributed by atoms with van der Waals surface area (Å²) in [6, 6.07) is 15.0. The van der Waals surface area contributed by atoms with Crippen LogP contribution in [0, 0.1) is 0 Å². The van der Waals surface area contributed by atoms with Crippen molar-refractivity contribution in [2.75, 3.05) is 31.1 Å². The average Bonchev–Trinajstić information content (AvgIpc) is 2.78. The lowest BCUT2D eigenvalue weighted by atomic mass is 10.0. The zero-order valence-electron chi connectivity index (χ0n) is 17.3. The molecule has 1 unspecified atom stereocenters. The quantitative estimate of drug-likeness (QED) is 0.710. The molecule has 30 heavy (non-hydrogen) atoms. The number of hydrogen-bond donors (Lipinski definition) is 2. The van der Waals surface area contributed by atoms with E-state index in [9.17, 15) is 9.59 Å². The first-order valence-corrected chi connectivity index (χ1v) is 10.7. The van der Waals surface area contributed by atoms with E-state index in [1.165, 1.54) is 0 Å². The van der Waals surface area contributed by atoms with Gasteiger partial charge in [0.2, 0.25) is 11.8 Å². The summed E-state index contributed by atoms with van der Waals surface area (Å²) in [6.07, 6.45) is 0.968. The number of rotatable bonds is 7. The molecule has 2 amide bonds. The molecule has 0 radical (unpaired) electrons. The van der Waals surface area contributed by atoms with Gasteiger partial charge < -0.3 is 20.9 Å². The summed E-state index contributed by atoms with van der Waals surface area (Å²) in [5.74, 6) is 0.0167. The second-order valence-corrected chi connectivity index (χ2v) is 7.94. The van der Waals surface area contributed by atoms with Gasteiger partial charge in [0.1, 0.15) is 0 Å². The molecule has 6 nitrogen and oxygen atoms in total. The maximum Gasteiger partial charge on any atom is 0.239 e. The van der Waals surface area contributed by atoms with Crippen molar-refractivity contribution in [3.63, 3.8) is 0 Å². The molecule has 2 aromatic carbocycles. The minimum absolute atomic E-state index is 0.0203. The van der Waals surface area contributed by atoms with Gasteiger partial charge in [0.05, 0.1) is 6.04 Å². The first-order valence-electron chi connectivity index (χ1n) is 10.4. The number of amides is 2. The molecule has 0 aromatic heterocycles. The third-order valence-corrected chi connectivity index (χ3v) is 5.66. The van der Waals surface area contributed by atoms with Crippen LogP contribution in [0.4, 0.5) is 5.69 Å². The number of carbonyl (C=O) groups is 2. The lowest BCUT2D eigenvalue weighted by Gasteiger charge is -2.38. The van der Waals surface area contributed by atoms with Gasteiger partial charge in [-0.15, -0.1) is 0 Å². The van der Waals surface area contributed by atoms with Gasteiger partial charge >= 0.3 is 0 Å². The largest absolute Gasteiger partial charge is 0.368 e. The number of nitrogens with zero attached hydrogens (tertiary/aromatic N) is 2. The Bertz CT molecular complexity index is 864. The minimum Gasteiger partial charge on any atom is -0.368 e. The van der Waals surface area contributed by atoms with E-state index in [1.54, 1.807) is 0 Å². The number of benzene rings is 2. The second kappa shape index (κ2) is 10.5. The van der Waals surface area contributed by atoms with Crippen molar-refractivity contribution in [3.8, 4) is 0 Å². The van der Waals surface area contributed by atoms with Gasteiger partial charge in [-0.3, -0.25) is 9.59 Å². The molecule has 160 valence electrons. The molecule has 0 saturated carbocycles. The summed E-state index contributed by atoms with van der Waals surface area (Å²) in [6.45, 7) is 5.07. The molecule has 0 bridgehead atoms.